The second-order valence-electron chi connectivity index (χ2n) is 4.85. The Morgan fingerprint density at radius 3 is 2.62 bits per heavy atom. The van der Waals surface area contributed by atoms with E-state index in [1.165, 1.54) is 0 Å². The van der Waals surface area contributed by atoms with Crippen molar-refractivity contribution in [3.05, 3.63) is 52.2 Å². The Morgan fingerprint density at radius 1 is 1.19 bits per heavy atom. The predicted molar refractivity (Wildman–Crippen MR) is 85.3 cm³/mol. The second-order valence-corrected chi connectivity index (χ2v) is 5.63. The van der Waals surface area contributed by atoms with Gasteiger partial charge in [-0.1, -0.05) is 13.0 Å². The lowest BCUT2D eigenvalue weighted by molar-refractivity contribution is 0.0696. The SMILES string of the molecule is CCc1c(C(=O)O)cc(-c2ccsc2)c2ccc(O)cc12. The van der Waals surface area contributed by atoms with Gasteiger partial charge in [0.25, 0.3) is 0 Å². The van der Waals surface area contributed by atoms with Crippen LogP contribution >= 0.6 is 11.3 Å². The summed E-state index contributed by atoms with van der Waals surface area (Å²) in [6.45, 7) is 1.93. The lowest BCUT2D eigenvalue weighted by Crippen LogP contribution is -2.03. The first kappa shape index (κ1) is 13.6. The molecule has 3 aromatic rings. The van der Waals surface area contributed by atoms with Gasteiger partial charge in [-0.15, -0.1) is 0 Å². The van der Waals surface area contributed by atoms with Crippen LogP contribution < -0.4 is 0 Å². The highest BCUT2D eigenvalue weighted by Gasteiger charge is 2.17. The van der Waals surface area contributed by atoms with Gasteiger partial charge in [-0.3, -0.25) is 0 Å². The molecule has 21 heavy (non-hydrogen) atoms. The molecule has 0 saturated heterocycles. The number of benzene rings is 2. The molecule has 0 fully saturated rings. The van der Waals surface area contributed by atoms with Crippen LogP contribution in [0.1, 0.15) is 22.8 Å². The van der Waals surface area contributed by atoms with E-state index in [0.29, 0.717) is 12.0 Å². The normalized spacial score (nSPS) is 10.9. The molecule has 0 spiro atoms. The summed E-state index contributed by atoms with van der Waals surface area (Å²) in [4.78, 5) is 11.6. The summed E-state index contributed by atoms with van der Waals surface area (Å²) < 4.78 is 0. The monoisotopic (exact) mass is 298 g/mol. The minimum absolute atomic E-state index is 0.149. The molecular formula is C17H14O3S. The maximum absolute atomic E-state index is 11.6. The van der Waals surface area contributed by atoms with Gasteiger partial charge in [-0.25, -0.2) is 4.79 Å². The molecule has 0 aliphatic rings. The highest BCUT2D eigenvalue weighted by molar-refractivity contribution is 7.08. The first-order valence-corrected chi connectivity index (χ1v) is 7.60. The van der Waals surface area contributed by atoms with Crippen LogP contribution in [0.25, 0.3) is 21.9 Å². The zero-order chi connectivity index (χ0) is 15.0. The number of carboxylic acids is 1. The highest BCUT2D eigenvalue weighted by atomic mass is 32.1. The lowest BCUT2D eigenvalue weighted by atomic mass is 9.91. The molecule has 1 heterocycles. The third-order valence-electron chi connectivity index (χ3n) is 3.65. The van der Waals surface area contributed by atoms with E-state index in [0.717, 1.165) is 27.5 Å². The maximum Gasteiger partial charge on any atom is 0.336 e. The Labute approximate surface area is 126 Å². The second kappa shape index (κ2) is 5.22. The summed E-state index contributed by atoms with van der Waals surface area (Å²) in [5.41, 5.74) is 2.95. The van der Waals surface area contributed by atoms with Gasteiger partial charge < -0.3 is 10.2 Å². The number of carbonyl (C=O) groups is 1. The van der Waals surface area contributed by atoms with E-state index in [-0.39, 0.29) is 5.75 Å². The molecule has 0 amide bonds. The number of phenols is 1. The summed E-state index contributed by atoms with van der Waals surface area (Å²) in [6.07, 6.45) is 0.603. The number of hydrogen-bond donors (Lipinski definition) is 2. The number of rotatable bonds is 3. The zero-order valence-electron chi connectivity index (χ0n) is 11.5. The molecule has 0 bridgehead atoms. The number of aromatic hydroxyl groups is 1. The Morgan fingerprint density at radius 2 is 2.00 bits per heavy atom. The van der Waals surface area contributed by atoms with Crippen molar-refractivity contribution in [3.8, 4) is 16.9 Å². The molecule has 1 aromatic heterocycles. The molecular weight excluding hydrogens is 284 g/mol. The highest BCUT2D eigenvalue weighted by Crippen LogP contribution is 2.36. The van der Waals surface area contributed by atoms with Gasteiger partial charge in [0, 0.05) is 0 Å². The van der Waals surface area contributed by atoms with Crippen molar-refractivity contribution in [2.45, 2.75) is 13.3 Å². The van der Waals surface area contributed by atoms with Gasteiger partial charge in [0.05, 0.1) is 5.56 Å². The molecule has 0 unspecified atom stereocenters. The Balaban J connectivity index is 2.46. The first-order chi connectivity index (χ1) is 10.1. The summed E-state index contributed by atoms with van der Waals surface area (Å²) in [6, 6.07) is 8.85. The van der Waals surface area contributed by atoms with Gasteiger partial charge in [0.1, 0.15) is 5.75 Å². The number of fused-ring (bicyclic) bond motifs is 1. The summed E-state index contributed by atoms with van der Waals surface area (Å²) in [7, 11) is 0. The first-order valence-electron chi connectivity index (χ1n) is 6.66. The van der Waals surface area contributed by atoms with E-state index in [2.05, 4.69) is 0 Å². The van der Waals surface area contributed by atoms with Crippen LogP contribution in [-0.2, 0) is 6.42 Å². The van der Waals surface area contributed by atoms with Crippen molar-refractivity contribution in [1.29, 1.82) is 0 Å². The molecule has 0 atom stereocenters. The lowest BCUT2D eigenvalue weighted by Gasteiger charge is -2.13. The van der Waals surface area contributed by atoms with Crippen molar-refractivity contribution < 1.29 is 15.0 Å². The number of phenolic OH excluding ortho intramolecular Hbond substituents is 1. The molecule has 106 valence electrons. The van der Waals surface area contributed by atoms with E-state index in [1.807, 2.05) is 29.8 Å². The van der Waals surface area contributed by atoms with Crippen LogP contribution in [0.2, 0.25) is 0 Å². The standard InChI is InChI=1S/C17H14O3S/c1-2-12-15-7-11(18)3-4-13(15)14(8-16(12)17(19)20)10-5-6-21-9-10/h3-9,18H,2H2,1H3,(H,19,20). The van der Waals surface area contributed by atoms with E-state index < -0.39 is 5.97 Å². The van der Waals surface area contributed by atoms with Crippen molar-refractivity contribution in [2.75, 3.05) is 0 Å². The largest absolute Gasteiger partial charge is 0.508 e. The van der Waals surface area contributed by atoms with Gasteiger partial charge in [0.15, 0.2) is 0 Å². The summed E-state index contributed by atoms with van der Waals surface area (Å²) in [5.74, 6) is -0.787. The number of aryl methyl sites for hydroxylation is 1. The average molecular weight is 298 g/mol. The number of aromatic carboxylic acids is 1. The van der Waals surface area contributed by atoms with Crippen molar-refractivity contribution in [3.63, 3.8) is 0 Å². The van der Waals surface area contributed by atoms with Gasteiger partial charge in [-0.2, -0.15) is 11.3 Å². The molecule has 0 aliphatic carbocycles. The fraction of sp³-hybridized carbons (Fsp3) is 0.118. The van der Waals surface area contributed by atoms with Gasteiger partial charge in [-0.05, 0) is 68.9 Å². The van der Waals surface area contributed by atoms with E-state index >= 15 is 0 Å². The summed E-state index contributed by atoms with van der Waals surface area (Å²) >= 11 is 1.57. The van der Waals surface area contributed by atoms with Crippen LogP contribution in [0.5, 0.6) is 5.75 Å². The number of hydrogen-bond acceptors (Lipinski definition) is 3. The quantitative estimate of drug-likeness (QED) is 0.746. The fourth-order valence-electron chi connectivity index (χ4n) is 2.70. The Hall–Kier alpha value is -2.33. The topological polar surface area (TPSA) is 57.5 Å². The van der Waals surface area contributed by atoms with Crippen LogP contribution in [0.3, 0.4) is 0 Å². The predicted octanol–water partition coefficient (Wildman–Crippen LogP) is 4.53. The molecule has 0 radical (unpaired) electrons. The van der Waals surface area contributed by atoms with Gasteiger partial charge in [0.2, 0.25) is 0 Å². The molecule has 0 aliphatic heterocycles. The molecule has 2 aromatic carbocycles. The minimum atomic E-state index is -0.937. The molecule has 0 saturated carbocycles. The van der Waals surface area contributed by atoms with E-state index in [4.69, 9.17) is 0 Å². The molecule has 3 nitrogen and oxygen atoms in total. The number of carboxylic acid groups (broad SMARTS) is 1. The smallest absolute Gasteiger partial charge is 0.336 e. The van der Waals surface area contributed by atoms with Crippen LogP contribution in [-0.4, -0.2) is 16.2 Å². The minimum Gasteiger partial charge on any atom is -0.508 e. The molecule has 4 heteroatoms. The maximum atomic E-state index is 11.6. The van der Waals surface area contributed by atoms with Crippen molar-refractivity contribution in [2.24, 2.45) is 0 Å². The summed E-state index contributed by atoms with van der Waals surface area (Å²) in [5, 5.41) is 25.0. The number of thiophene rings is 1. The van der Waals surface area contributed by atoms with E-state index in [1.54, 1.807) is 29.5 Å². The van der Waals surface area contributed by atoms with Crippen LogP contribution in [0.15, 0.2) is 41.1 Å². The van der Waals surface area contributed by atoms with Crippen molar-refractivity contribution in [1.82, 2.24) is 0 Å². The third-order valence-corrected chi connectivity index (χ3v) is 4.33. The fourth-order valence-corrected chi connectivity index (χ4v) is 3.36. The zero-order valence-corrected chi connectivity index (χ0v) is 12.3. The van der Waals surface area contributed by atoms with Crippen molar-refractivity contribution >= 4 is 28.1 Å². The average Bonchev–Trinajstić information content (AvgIpc) is 2.99. The molecule has 2 N–H and O–H groups in total. The van der Waals surface area contributed by atoms with Crippen LogP contribution in [0.4, 0.5) is 0 Å². The van der Waals surface area contributed by atoms with E-state index in [9.17, 15) is 15.0 Å². The Bertz CT molecular complexity index is 820. The molecule has 3 rings (SSSR count). The van der Waals surface area contributed by atoms with Crippen LogP contribution in [0, 0.1) is 0 Å². The third kappa shape index (κ3) is 2.28. The Kier molecular flexibility index (Phi) is 3.39. The van der Waals surface area contributed by atoms with Gasteiger partial charge >= 0.3 is 5.97 Å².